The second kappa shape index (κ2) is 11.9. The van der Waals surface area contributed by atoms with E-state index in [0.717, 1.165) is 12.1 Å². The van der Waals surface area contributed by atoms with Gasteiger partial charge >= 0.3 is 6.09 Å². The smallest absolute Gasteiger partial charge is 0.418 e. The summed E-state index contributed by atoms with van der Waals surface area (Å²) in [5.74, 6) is -2.97. The van der Waals surface area contributed by atoms with Gasteiger partial charge in [-0.2, -0.15) is 0 Å². The molecule has 6 rings (SSSR count). The third-order valence-corrected chi connectivity index (χ3v) is 7.62. The summed E-state index contributed by atoms with van der Waals surface area (Å²) in [7, 11) is 1.21. The minimum Gasteiger partial charge on any atom is -0.485 e. The molecule has 228 valence electrons. The number of rotatable bonds is 7. The van der Waals surface area contributed by atoms with Crippen molar-refractivity contribution < 1.29 is 46.9 Å². The molecule has 3 heterocycles. The Morgan fingerprint density at radius 2 is 1.77 bits per heavy atom. The average Bonchev–Trinajstić information content (AvgIpc) is 3.64. The monoisotopic (exact) mass is 607 g/mol. The van der Waals surface area contributed by atoms with Crippen LogP contribution in [0.25, 0.3) is 0 Å². The first-order valence-corrected chi connectivity index (χ1v) is 13.9. The van der Waals surface area contributed by atoms with E-state index in [2.05, 4.69) is 5.32 Å². The second-order valence-corrected chi connectivity index (χ2v) is 10.4. The molecule has 2 atom stereocenters. The first-order chi connectivity index (χ1) is 21.2. The van der Waals surface area contributed by atoms with Gasteiger partial charge < -0.3 is 23.8 Å². The first kappa shape index (κ1) is 29.1. The number of hydrogen-bond donors (Lipinski definition) is 1. The Bertz CT molecular complexity index is 1640. The van der Waals surface area contributed by atoms with Gasteiger partial charge in [0.2, 0.25) is 11.8 Å². The quantitative estimate of drug-likeness (QED) is 0.387. The van der Waals surface area contributed by atoms with Crippen molar-refractivity contribution in [2.24, 2.45) is 0 Å². The summed E-state index contributed by atoms with van der Waals surface area (Å²) < 4.78 is 49.5. The Morgan fingerprint density at radius 3 is 2.45 bits per heavy atom. The number of carbonyl (C=O) groups excluding carboxylic acids is 4. The number of nitrogens with one attached hydrogen (secondary N) is 1. The molecule has 0 radical (unpaired) electrons. The standard InChI is InChI=1S/C31H27F2N3O8/c1-41-31(40)36(18-3-5-19(6-4-18)43-20-7-8-22(32)23(33)14-20)24-9-2-17-15-35(25-10-11-26(37)34-29(25)38)30(39)27(17)28(24)44-21-12-13-42-16-21/h2-9,14,21,25H,10-13,15-16H2,1H3,(H,34,37,38)/t21-,25?/m1/s1. The largest absolute Gasteiger partial charge is 0.485 e. The molecule has 3 aromatic rings. The average molecular weight is 608 g/mol. The summed E-state index contributed by atoms with van der Waals surface area (Å²) in [5, 5.41) is 2.29. The highest BCUT2D eigenvalue weighted by molar-refractivity contribution is 6.09. The molecule has 0 aromatic heterocycles. The SMILES string of the molecule is COC(=O)N(c1ccc(Oc2ccc(F)c(F)c2)cc1)c1ccc2c(c1O[C@@H]1CCOC1)C(=O)N(C1CCC(=O)NC1=O)C2. The van der Waals surface area contributed by atoms with E-state index in [0.29, 0.717) is 24.3 Å². The summed E-state index contributed by atoms with van der Waals surface area (Å²) in [4.78, 5) is 54.1. The van der Waals surface area contributed by atoms with E-state index in [9.17, 15) is 28.0 Å². The summed E-state index contributed by atoms with van der Waals surface area (Å²) in [5.41, 5.74) is 1.34. The minimum absolute atomic E-state index is 0.0774. The van der Waals surface area contributed by atoms with Gasteiger partial charge in [0, 0.05) is 25.5 Å². The molecule has 3 aromatic carbocycles. The molecule has 2 saturated heterocycles. The van der Waals surface area contributed by atoms with Crippen LogP contribution in [0.5, 0.6) is 17.2 Å². The highest BCUT2D eigenvalue weighted by Gasteiger charge is 2.42. The number of fused-ring (bicyclic) bond motifs is 1. The van der Waals surface area contributed by atoms with Gasteiger partial charge in [0.25, 0.3) is 5.91 Å². The molecule has 2 fully saturated rings. The third-order valence-electron chi connectivity index (χ3n) is 7.62. The number of imide groups is 1. The van der Waals surface area contributed by atoms with Gasteiger partial charge in [-0.3, -0.25) is 19.7 Å². The highest BCUT2D eigenvalue weighted by atomic mass is 19.2. The Labute approximate surface area is 250 Å². The van der Waals surface area contributed by atoms with Crippen molar-refractivity contribution >= 4 is 35.2 Å². The number of amides is 4. The van der Waals surface area contributed by atoms with Crippen LogP contribution in [-0.4, -0.2) is 61.2 Å². The van der Waals surface area contributed by atoms with Crippen molar-refractivity contribution in [3.05, 3.63) is 77.4 Å². The lowest BCUT2D eigenvalue weighted by atomic mass is 10.0. The Balaban J connectivity index is 1.36. The lowest BCUT2D eigenvalue weighted by molar-refractivity contribution is -0.136. The molecule has 1 N–H and O–H groups in total. The maximum absolute atomic E-state index is 13.9. The molecule has 44 heavy (non-hydrogen) atoms. The van der Waals surface area contributed by atoms with Crippen LogP contribution in [0.1, 0.15) is 35.2 Å². The molecular weight excluding hydrogens is 580 g/mol. The second-order valence-electron chi connectivity index (χ2n) is 10.4. The number of hydrogen-bond acceptors (Lipinski definition) is 8. The van der Waals surface area contributed by atoms with E-state index in [-0.39, 0.29) is 54.5 Å². The molecule has 3 aliphatic rings. The first-order valence-electron chi connectivity index (χ1n) is 13.9. The topological polar surface area (TPSA) is 124 Å². The zero-order valence-electron chi connectivity index (χ0n) is 23.5. The molecule has 11 nitrogen and oxygen atoms in total. The number of piperidine rings is 1. The number of benzene rings is 3. The van der Waals surface area contributed by atoms with E-state index in [4.69, 9.17) is 18.9 Å². The zero-order chi connectivity index (χ0) is 31.0. The maximum Gasteiger partial charge on any atom is 0.418 e. The van der Waals surface area contributed by atoms with Crippen LogP contribution < -0.4 is 19.7 Å². The fourth-order valence-electron chi connectivity index (χ4n) is 5.45. The van der Waals surface area contributed by atoms with Gasteiger partial charge in [-0.05, 0) is 54.4 Å². The van der Waals surface area contributed by atoms with Crippen molar-refractivity contribution in [2.45, 2.75) is 38.0 Å². The van der Waals surface area contributed by atoms with Gasteiger partial charge in [0.15, 0.2) is 17.4 Å². The Morgan fingerprint density at radius 1 is 1.00 bits per heavy atom. The molecule has 0 aliphatic carbocycles. The molecule has 1 unspecified atom stereocenters. The van der Waals surface area contributed by atoms with Gasteiger partial charge in [0.05, 0.1) is 37.3 Å². The number of anilines is 2. The number of ether oxygens (including phenoxy) is 4. The van der Waals surface area contributed by atoms with Gasteiger partial charge in [-0.25, -0.2) is 18.5 Å². The number of carbonyl (C=O) groups is 4. The number of halogens is 2. The van der Waals surface area contributed by atoms with Crippen LogP contribution in [0.15, 0.2) is 54.6 Å². The number of nitrogens with zero attached hydrogens (tertiary/aromatic N) is 2. The third kappa shape index (κ3) is 5.53. The molecule has 4 amide bonds. The van der Waals surface area contributed by atoms with E-state index < -0.39 is 47.6 Å². The van der Waals surface area contributed by atoms with Crippen LogP contribution in [0.4, 0.5) is 25.0 Å². The summed E-state index contributed by atoms with van der Waals surface area (Å²) in [6, 6.07) is 11.8. The summed E-state index contributed by atoms with van der Waals surface area (Å²) in [6.07, 6.45) is -0.320. The zero-order valence-corrected chi connectivity index (χ0v) is 23.5. The molecule has 0 spiro atoms. The Hall–Kier alpha value is -5.04. The fraction of sp³-hybridized carbons (Fsp3) is 0.290. The lowest BCUT2D eigenvalue weighted by Crippen LogP contribution is -2.52. The Kier molecular flexibility index (Phi) is 7.87. The van der Waals surface area contributed by atoms with Gasteiger partial charge in [-0.1, -0.05) is 6.07 Å². The van der Waals surface area contributed by atoms with E-state index >= 15 is 0 Å². The van der Waals surface area contributed by atoms with Crippen LogP contribution in [0.3, 0.4) is 0 Å². The van der Waals surface area contributed by atoms with E-state index in [1.54, 1.807) is 24.3 Å². The van der Waals surface area contributed by atoms with Crippen molar-refractivity contribution in [3.8, 4) is 17.2 Å². The van der Waals surface area contributed by atoms with Crippen molar-refractivity contribution in [1.82, 2.24) is 10.2 Å². The van der Waals surface area contributed by atoms with Crippen molar-refractivity contribution in [2.75, 3.05) is 25.2 Å². The molecule has 3 aliphatic heterocycles. The van der Waals surface area contributed by atoms with Crippen LogP contribution >= 0.6 is 0 Å². The van der Waals surface area contributed by atoms with Crippen LogP contribution in [0, 0.1) is 11.6 Å². The normalized spacial score (nSPS) is 19.4. The van der Waals surface area contributed by atoms with Gasteiger partial charge in [0.1, 0.15) is 23.6 Å². The van der Waals surface area contributed by atoms with Crippen molar-refractivity contribution in [3.63, 3.8) is 0 Å². The number of methoxy groups -OCH3 is 1. The van der Waals surface area contributed by atoms with Gasteiger partial charge in [-0.15, -0.1) is 0 Å². The molecule has 0 bridgehead atoms. The van der Waals surface area contributed by atoms with E-state index in [1.165, 1.54) is 35.1 Å². The van der Waals surface area contributed by atoms with Crippen molar-refractivity contribution in [1.29, 1.82) is 0 Å². The molecule has 0 saturated carbocycles. The fourth-order valence-corrected chi connectivity index (χ4v) is 5.45. The highest BCUT2D eigenvalue weighted by Crippen LogP contribution is 2.44. The predicted molar refractivity (Wildman–Crippen MR) is 150 cm³/mol. The predicted octanol–water partition coefficient (Wildman–Crippen LogP) is 4.59. The minimum atomic E-state index is -1.06. The van der Waals surface area contributed by atoms with Crippen LogP contribution in [-0.2, 0) is 25.6 Å². The lowest BCUT2D eigenvalue weighted by Gasteiger charge is -2.29. The van der Waals surface area contributed by atoms with E-state index in [1.807, 2.05) is 0 Å². The maximum atomic E-state index is 13.9. The summed E-state index contributed by atoms with van der Waals surface area (Å²) in [6.45, 7) is 0.861. The summed E-state index contributed by atoms with van der Waals surface area (Å²) >= 11 is 0. The molecular formula is C31H27F2N3O8. The molecule has 13 heteroatoms. The van der Waals surface area contributed by atoms with Crippen LogP contribution in [0.2, 0.25) is 0 Å².